The van der Waals surface area contributed by atoms with Gasteiger partial charge in [-0.25, -0.2) is 4.68 Å². The second-order valence-electron chi connectivity index (χ2n) is 8.82. The number of allylic oxidation sites excluding steroid dienone is 3. The number of aliphatic imine (C=N–C) groups is 1. The summed E-state index contributed by atoms with van der Waals surface area (Å²) in [5.74, 6) is -0.524. The third-order valence-corrected chi connectivity index (χ3v) is 6.33. The number of pyridine rings is 1. The van der Waals surface area contributed by atoms with Gasteiger partial charge in [-0.3, -0.25) is 14.8 Å². The summed E-state index contributed by atoms with van der Waals surface area (Å²) >= 11 is 6.26. The van der Waals surface area contributed by atoms with Crippen molar-refractivity contribution < 1.29 is 31.1 Å². The standard InChI is InChI=1S/C29H20ClF6N5O/c1-3-6-22(27(42)21-7-4-5-8-23(21)30)24(37-2)25-26(18-9-11-38-12-10-18)41(40-39-25)16-17-13-19(28(31,32)33)15-20(14-17)29(34,35)36/h3-15H,2,16H2,1H3/b6-3-,24-22+. The van der Waals surface area contributed by atoms with Crippen LogP contribution < -0.4 is 0 Å². The van der Waals surface area contributed by atoms with Gasteiger partial charge in [-0.2, -0.15) is 26.3 Å². The third-order valence-electron chi connectivity index (χ3n) is 6.00. The monoisotopic (exact) mass is 603 g/mol. The van der Waals surface area contributed by atoms with Crippen LogP contribution in [0.1, 0.15) is 39.7 Å². The molecule has 6 nitrogen and oxygen atoms in total. The third kappa shape index (κ3) is 6.49. The number of benzene rings is 2. The van der Waals surface area contributed by atoms with E-state index in [0.717, 1.165) is 4.68 Å². The Labute approximate surface area is 240 Å². The minimum Gasteiger partial charge on any atom is -0.288 e. The maximum atomic E-state index is 13.6. The SMILES string of the molecule is C=N/C(=C(\C=C/C)C(=O)c1ccccc1Cl)c1nnn(Cc2cc(C(F)(F)F)cc(C(F)(F)F)c2)c1-c1ccncc1. The van der Waals surface area contributed by atoms with E-state index >= 15 is 0 Å². The van der Waals surface area contributed by atoms with Crippen molar-refractivity contribution in [3.63, 3.8) is 0 Å². The summed E-state index contributed by atoms with van der Waals surface area (Å²) in [4.78, 5) is 21.6. The lowest BCUT2D eigenvalue weighted by atomic mass is 9.98. The van der Waals surface area contributed by atoms with Crippen LogP contribution in [0, 0.1) is 0 Å². The lowest BCUT2D eigenvalue weighted by Crippen LogP contribution is -2.13. The highest BCUT2D eigenvalue weighted by Crippen LogP contribution is 2.37. The Hall–Kier alpha value is -4.58. The van der Waals surface area contributed by atoms with Crippen LogP contribution in [0.5, 0.6) is 0 Å². The molecule has 0 saturated carbocycles. The molecule has 2 aromatic carbocycles. The first kappa shape index (κ1) is 30.4. The van der Waals surface area contributed by atoms with E-state index in [1.54, 1.807) is 25.1 Å². The van der Waals surface area contributed by atoms with Gasteiger partial charge < -0.3 is 0 Å². The van der Waals surface area contributed by atoms with E-state index in [1.807, 2.05) is 0 Å². The van der Waals surface area contributed by atoms with Crippen LogP contribution >= 0.6 is 11.6 Å². The second-order valence-corrected chi connectivity index (χ2v) is 9.23. The molecule has 0 aliphatic heterocycles. The van der Waals surface area contributed by atoms with Crippen LogP contribution in [0.15, 0.2) is 89.7 Å². The molecule has 0 spiro atoms. The van der Waals surface area contributed by atoms with E-state index in [2.05, 4.69) is 27.0 Å². The number of carbonyl (C=O) groups excluding carboxylic acids is 1. The highest BCUT2D eigenvalue weighted by Gasteiger charge is 2.37. The molecule has 4 aromatic rings. The number of Topliss-reactive ketones (excluding diaryl/α,β-unsaturated/α-hetero) is 1. The van der Waals surface area contributed by atoms with Gasteiger partial charge in [0.15, 0.2) is 5.78 Å². The number of alkyl halides is 6. The average molecular weight is 604 g/mol. The van der Waals surface area contributed by atoms with Gasteiger partial charge in [0.2, 0.25) is 0 Å². The van der Waals surface area contributed by atoms with Gasteiger partial charge >= 0.3 is 12.4 Å². The number of carbonyl (C=O) groups is 1. The van der Waals surface area contributed by atoms with Crippen LogP contribution in [0.2, 0.25) is 5.02 Å². The fourth-order valence-electron chi connectivity index (χ4n) is 4.17. The van der Waals surface area contributed by atoms with Gasteiger partial charge in [0.25, 0.3) is 0 Å². The maximum Gasteiger partial charge on any atom is 0.416 e. The highest BCUT2D eigenvalue weighted by atomic mass is 35.5. The molecule has 2 aromatic heterocycles. The van der Waals surface area contributed by atoms with Crippen molar-refractivity contribution >= 4 is 29.8 Å². The molecule has 0 amide bonds. The summed E-state index contributed by atoms with van der Waals surface area (Å²) in [6.45, 7) is 4.71. The van der Waals surface area contributed by atoms with Crippen LogP contribution in [0.4, 0.5) is 26.3 Å². The topological polar surface area (TPSA) is 73.0 Å². The summed E-state index contributed by atoms with van der Waals surface area (Å²) in [6.07, 6.45) is -4.16. The first-order chi connectivity index (χ1) is 19.8. The lowest BCUT2D eigenvalue weighted by Gasteiger charge is -2.15. The molecule has 0 saturated heterocycles. The van der Waals surface area contributed by atoms with Crippen LogP contribution in [-0.2, 0) is 18.9 Å². The number of hydrogen-bond donors (Lipinski definition) is 0. The lowest BCUT2D eigenvalue weighted by molar-refractivity contribution is -0.143. The molecule has 42 heavy (non-hydrogen) atoms. The Kier molecular flexibility index (Phi) is 8.76. The molecule has 13 heteroatoms. The Bertz CT molecular complexity index is 1660. The Morgan fingerprint density at radius 3 is 2.17 bits per heavy atom. The number of rotatable bonds is 8. The molecular weight excluding hydrogens is 584 g/mol. The first-order valence-electron chi connectivity index (χ1n) is 12.1. The highest BCUT2D eigenvalue weighted by molar-refractivity contribution is 6.35. The molecule has 0 radical (unpaired) electrons. The van der Waals surface area contributed by atoms with Crippen molar-refractivity contribution in [2.24, 2.45) is 4.99 Å². The zero-order chi connectivity index (χ0) is 30.7. The van der Waals surface area contributed by atoms with E-state index in [0.29, 0.717) is 17.7 Å². The van der Waals surface area contributed by atoms with Crippen molar-refractivity contribution in [3.8, 4) is 11.3 Å². The fraction of sp³-hybridized carbons (Fsp3) is 0.138. The van der Waals surface area contributed by atoms with Gasteiger partial charge in [-0.05, 0) is 61.7 Å². The molecule has 2 heterocycles. The number of ketones is 1. The van der Waals surface area contributed by atoms with Crippen LogP contribution in [0.25, 0.3) is 17.0 Å². The van der Waals surface area contributed by atoms with E-state index in [1.165, 1.54) is 42.7 Å². The van der Waals surface area contributed by atoms with E-state index < -0.39 is 35.8 Å². The summed E-state index contributed by atoms with van der Waals surface area (Å²) in [6, 6.07) is 10.7. The van der Waals surface area contributed by atoms with E-state index in [9.17, 15) is 31.1 Å². The zero-order valence-corrected chi connectivity index (χ0v) is 22.5. The van der Waals surface area contributed by atoms with Crippen LogP contribution in [0.3, 0.4) is 0 Å². The summed E-state index contributed by atoms with van der Waals surface area (Å²) in [5, 5.41) is 8.35. The van der Waals surface area contributed by atoms with Crippen molar-refractivity contribution in [2.75, 3.05) is 0 Å². The largest absolute Gasteiger partial charge is 0.416 e. The smallest absolute Gasteiger partial charge is 0.288 e. The summed E-state index contributed by atoms with van der Waals surface area (Å²) < 4.78 is 82.1. The quantitative estimate of drug-likeness (QED) is 0.0674. The van der Waals surface area contributed by atoms with Gasteiger partial charge in [0.1, 0.15) is 11.4 Å². The predicted molar refractivity (Wildman–Crippen MR) is 146 cm³/mol. The van der Waals surface area contributed by atoms with Crippen molar-refractivity contribution in [1.29, 1.82) is 0 Å². The average Bonchev–Trinajstić information content (AvgIpc) is 3.35. The maximum absolute atomic E-state index is 13.6. The Morgan fingerprint density at radius 1 is 1.00 bits per heavy atom. The number of nitrogens with zero attached hydrogens (tertiary/aromatic N) is 5. The molecule has 0 aliphatic carbocycles. The van der Waals surface area contributed by atoms with E-state index in [-0.39, 0.29) is 44.9 Å². The van der Waals surface area contributed by atoms with Gasteiger partial charge in [-0.1, -0.05) is 41.1 Å². The minimum absolute atomic E-state index is 0.00715. The predicted octanol–water partition coefficient (Wildman–Crippen LogP) is 7.95. The minimum atomic E-state index is -5.03. The summed E-state index contributed by atoms with van der Waals surface area (Å²) in [7, 11) is 0. The van der Waals surface area contributed by atoms with Gasteiger partial charge in [0.05, 0.1) is 34.0 Å². The van der Waals surface area contributed by atoms with E-state index in [4.69, 9.17) is 11.6 Å². The van der Waals surface area contributed by atoms with Gasteiger partial charge in [0, 0.05) is 23.5 Å². The Morgan fingerprint density at radius 2 is 1.62 bits per heavy atom. The van der Waals surface area contributed by atoms with Gasteiger partial charge in [-0.15, -0.1) is 5.10 Å². The molecule has 0 fully saturated rings. The number of halogens is 7. The summed E-state index contributed by atoms with van der Waals surface area (Å²) in [5.41, 5.74) is -2.54. The molecule has 0 unspecified atom stereocenters. The molecule has 0 aliphatic rings. The number of aromatic nitrogens is 4. The van der Waals surface area contributed by atoms with Crippen molar-refractivity contribution in [3.05, 3.63) is 118 Å². The molecule has 0 atom stereocenters. The van der Waals surface area contributed by atoms with Crippen molar-refractivity contribution in [1.82, 2.24) is 20.0 Å². The Balaban J connectivity index is 1.95. The normalized spacial score (nSPS) is 12.9. The second kappa shape index (κ2) is 12.1. The fourth-order valence-corrected chi connectivity index (χ4v) is 4.39. The molecule has 216 valence electrons. The first-order valence-corrected chi connectivity index (χ1v) is 12.5. The molecule has 4 rings (SSSR count). The van der Waals surface area contributed by atoms with Crippen LogP contribution in [-0.4, -0.2) is 32.5 Å². The molecule has 0 bridgehead atoms. The number of hydrogen-bond acceptors (Lipinski definition) is 5. The molecule has 0 N–H and O–H groups in total. The zero-order valence-electron chi connectivity index (χ0n) is 21.7. The molecular formula is C29H20ClF6N5O. The van der Waals surface area contributed by atoms with Crippen molar-refractivity contribution in [2.45, 2.75) is 25.8 Å².